The average molecular weight is 430 g/mol. The molecule has 0 aliphatic carbocycles. The molecule has 3 amide bonds. The summed E-state index contributed by atoms with van der Waals surface area (Å²) in [4.78, 5) is 29.3. The Bertz CT molecular complexity index is 1070. The Labute approximate surface area is 188 Å². The van der Waals surface area contributed by atoms with E-state index in [9.17, 15) is 9.59 Å². The van der Waals surface area contributed by atoms with E-state index in [1.807, 2.05) is 90.7 Å². The molecule has 6 nitrogen and oxygen atoms in total. The molecule has 0 saturated carbocycles. The maximum atomic E-state index is 13.3. The molecule has 1 fully saturated rings. The summed E-state index contributed by atoms with van der Waals surface area (Å²) in [7, 11) is 0. The zero-order valence-electron chi connectivity index (χ0n) is 18.2. The molecule has 1 aliphatic heterocycles. The molecule has 0 bridgehead atoms. The fraction of sp³-hybridized carbons (Fsp3) is 0.231. The minimum atomic E-state index is -0.550. The summed E-state index contributed by atoms with van der Waals surface area (Å²) in [5.74, 6) is 0. The van der Waals surface area contributed by atoms with Crippen LogP contribution in [0, 0.1) is 6.92 Å². The monoisotopic (exact) mass is 429 g/mol. The number of amides is 3. The molecular weight excluding hydrogens is 402 g/mol. The van der Waals surface area contributed by atoms with Gasteiger partial charge < -0.3 is 9.64 Å². The number of rotatable bonds is 6. The Morgan fingerprint density at radius 2 is 1.62 bits per heavy atom. The zero-order valence-corrected chi connectivity index (χ0v) is 18.2. The number of aryl methyl sites for hydroxylation is 1. The fourth-order valence-corrected chi connectivity index (χ4v) is 3.81. The number of anilines is 2. The molecular formula is C26H27N3O3. The van der Waals surface area contributed by atoms with Gasteiger partial charge in [-0.3, -0.25) is 10.2 Å². The van der Waals surface area contributed by atoms with Gasteiger partial charge in [0.15, 0.2) is 0 Å². The molecule has 32 heavy (non-hydrogen) atoms. The van der Waals surface area contributed by atoms with Gasteiger partial charge in [-0.1, -0.05) is 66.7 Å². The largest absolute Gasteiger partial charge is 0.444 e. The minimum absolute atomic E-state index is 0.0651. The van der Waals surface area contributed by atoms with Crippen LogP contribution in [0.4, 0.5) is 21.0 Å². The second-order valence-corrected chi connectivity index (χ2v) is 7.90. The number of carbonyl (C=O) groups is 2. The Hall–Kier alpha value is -3.80. The van der Waals surface area contributed by atoms with Gasteiger partial charge in [-0.15, -0.1) is 0 Å². The lowest BCUT2D eigenvalue weighted by atomic mass is 10.1. The standard InChI is InChI=1S/C26H27N3O3/c1-20-13-14-24(23(17-20)27-25(30)32-19-22-11-6-3-7-12-22)29-16-8-15-28(26(29)31)18-21-9-4-2-5-10-21/h2-7,9-14,17H,8,15-16,18-19H2,1H3,(H,27,30). The van der Waals surface area contributed by atoms with Crippen molar-refractivity contribution >= 4 is 23.5 Å². The van der Waals surface area contributed by atoms with Crippen molar-refractivity contribution in [1.82, 2.24) is 4.90 Å². The van der Waals surface area contributed by atoms with Crippen LogP contribution in [-0.2, 0) is 17.9 Å². The maximum absolute atomic E-state index is 13.3. The molecule has 6 heteroatoms. The van der Waals surface area contributed by atoms with E-state index in [1.54, 1.807) is 4.90 Å². The first-order valence-electron chi connectivity index (χ1n) is 10.8. The molecule has 4 rings (SSSR count). The molecule has 0 radical (unpaired) electrons. The summed E-state index contributed by atoms with van der Waals surface area (Å²) < 4.78 is 5.38. The van der Waals surface area contributed by atoms with Crippen LogP contribution >= 0.6 is 0 Å². The van der Waals surface area contributed by atoms with Crippen LogP contribution < -0.4 is 10.2 Å². The summed E-state index contributed by atoms with van der Waals surface area (Å²) in [5, 5.41) is 2.83. The average Bonchev–Trinajstić information content (AvgIpc) is 2.81. The smallest absolute Gasteiger partial charge is 0.412 e. The summed E-state index contributed by atoms with van der Waals surface area (Å²) in [6.45, 7) is 3.99. The molecule has 0 spiro atoms. The van der Waals surface area contributed by atoms with Gasteiger partial charge in [0.1, 0.15) is 6.61 Å². The molecule has 1 saturated heterocycles. The number of ether oxygens (including phenoxy) is 1. The molecule has 0 aromatic heterocycles. The van der Waals surface area contributed by atoms with Gasteiger partial charge in [-0.05, 0) is 42.2 Å². The highest BCUT2D eigenvalue weighted by Crippen LogP contribution is 2.30. The van der Waals surface area contributed by atoms with E-state index in [0.29, 0.717) is 31.0 Å². The Morgan fingerprint density at radius 3 is 2.34 bits per heavy atom. The number of hydrogen-bond donors (Lipinski definition) is 1. The third-order valence-electron chi connectivity index (χ3n) is 5.42. The lowest BCUT2D eigenvalue weighted by Gasteiger charge is -2.36. The first-order chi connectivity index (χ1) is 15.6. The first kappa shape index (κ1) is 21.4. The second kappa shape index (κ2) is 10.0. The quantitative estimate of drug-likeness (QED) is 0.557. The lowest BCUT2D eigenvalue weighted by Crippen LogP contribution is -2.49. The normalized spacial score (nSPS) is 13.7. The SMILES string of the molecule is Cc1ccc(N2CCCN(Cc3ccccc3)C2=O)c(NC(=O)OCc2ccccc2)c1. The predicted molar refractivity (Wildman–Crippen MR) is 126 cm³/mol. The van der Waals surface area contributed by atoms with Gasteiger partial charge in [0, 0.05) is 19.6 Å². The number of hydrogen-bond acceptors (Lipinski definition) is 3. The summed E-state index contributed by atoms with van der Waals surface area (Å²) in [6, 6.07) is 25.1. The van der Waals surface area contributed by atoms with Crippen molar-refractivity contribution in [1.29, 1.82) is 0 Å². The van der Waals surface area contributed by atoms with Crippen LogP contribution in [0.15, 0.2) is 78.9 Å². The predicted octanol–water partition coefficient (Wildman–Crippen LogP) is 5.58. The van der Waals surface area contributed by atoms with E-state index in [1.165, 1.54) is 0 Å². The van der Waals surface area contributed by atoms with Gasteiger partial charge >= 0.3 is 12.1 Å². The molecule has 3 aromatic carbocycles. The van der Waals surface area contributed by atoms with Crippen molar-refractivity contribution in [2.24, 2.45) is 0 Å². The number of carbonyl (C=O) groups excluding carboxylic acids is 2. The van der Waals surface area contributed by atoms with E-state index in [4.69, 9.17) is 4.74 Å². The molecule has 0 atom stereocenters. The highest BCUT2D eigenvalue weighted by molar-refractivity contribution is 5.99. The molecule has 1 aliphatic rings. The molecule has 1 heterocycles. The molecule has 0 unspecified atom stereocenters. The topological polar surface area (TPSA) is 61.9 Å². The van der Waals surface area contributed by atoms with Crippen LogP contribution in [0.1, 0.15) is 23.1 Å². The summed E-state index contributed by atoms with van der Waals surface area (Å²) in [6.07, 6.45) is 0.302. The highest BCUT2D eigenvalue weighted by Gasteiger charge is 2.28. The van der Waals surface area contributed by atoms with Crippen LogP contribution in [0.25, 0.3) is 0 Å². The van der Waals surface area contributed by atoms with Gasteiger partial charge in [-0.25, -0.2) is 9.59 Å². The second-order valence-electron chi connectivity index (χ2n) is 7.90. The van der Waals surface area contributed by atoms with E-state index in [0.717, 1.165) is 23.1 Å². The van der Waals surface area contributed by atoms with Crippen LogP contribution in [0.2, 0.25) is 0 Å². The minimum Gasteiger partial charge on any atom is -0.444 e. The van der Waals surface area contributed by atoms with E-state index in [2.05, 4.69) is 5.32 Å². The fourth-order valence-electron chi connectivity index (χ4n) is 3.81. The van der Waals surface area contributed by atoms with Gasteiger partial charge in [0.05, 0.1) is 11.4 Å². The lowest BCUT2D eigenvalue weighted by molar-refractivity contribution is 0.155. The summed E-state index contributed by atoms with van der Waals surface area (Å²) in [5.41, 5.74) is 4.23. The molecule has 3 aromatic rings. The van der Waals surface area contributed by atoms with Gasteiger partial charge in [-0.2, -0.15) is 0 Å². The maximum Gasteiger partial charge on any atom is 0.412 e. The zero-order chi connectivity index (χ0) is 22.3. The van der Waals surface area contributed by atoms with Crippen LogP contribution in [-0.4, -0.2) is 30.1 Å². The van der Waals surface area contributed by atoms with Crippen molar-refractivity contribution < 1.29 is 14.3 Å². The van der Waals surface area contributed by atoms with Crippen molar-refractivity contribution in [3.05, 3.63) is 95.6 Å². The number of nitrogens with zero attached hydrogens (tertiary/aromatic N) is 2. The third-order valence-corrected chi connectivity index (χ3v) is 5.42. The van der Waals surface area contributed by atoms with Gasteiger partial charge in [0.2, 0.25) is 0 Å². The number of nitrogens with one attached hydrogen (secondary N) is 1. The van der Waals surface area contributed by atoms with E-state index >= 15 is 0 Å². The Balaban J connectivity index is 1.48. The third kappa shape index (κ3) is 5.27. The van der Waals surface area contributed by atoms with Crippen LogP contribution in [0.3, 0.4) is 0 Å². The molecule has 1 N–H and O–H groups in total. The van der Waals surface area contributed by atoms with Crippen molar-refractivity contribution in [2.45, 2.75) is 26.5 Å². The van der Waals surface area contributed by atoms with E-state index < -0.39 is 6.09 Å². The Kier molecular flexibility index (Phi) is 6.70. The van der Waals surface area contributed by atoms with Crippen molar-refractivity contribution in [3.8, 4) is 0 Å². The van der Waals surface area contributed by atoms with Crippen molar-refractivity contribution in [3.63, 3.8) is 0 Å². The number of benzene rings is 3. The van der Waals surface area contributed by atoms with Gasteiger partial charge in [0.25, 0.3) is 0 Å². The summed E-state index contributed by atoms with van der Waals surface area (Å²) >= 11 is 0. The highest BCUT2D eigenvalue weighted by atomic mass is 16.5. The molecule has 164 valence electrons. The van der Waals surface area contributed by atoms with Crippen molar-refractivity contribution in [2.75, 3.05) is 23.3 Å². The Morgan fingerprint density at radius 1 is 0.938 bits per heavy atom. The van der Waals surface area contributed by atoms with Crippen LogP contribution in [0.5, 0.6) is 0 Å². The first-order valence-corrected chi connectivity index (χ1v) is 10.8. The van der Waals surface area contributed by atoms with E-state index in [-0.39, 0.29) is 12.6 Å². The number of urea groups is 1.